The summed E-state index contributed by atoms with van der Waals surface area (Å²) in [5.74, 6) is 0.862. The molecule has 9 heteroatoms. The lowest BCUT2D eigenvalue weighted by molar-refractivity contribution is 0.586. The Kier molecular flexibility index (Phi) is 2.41. The van der Waals surface area contributed by atoms with E-state index in [0.29, 0.717) is 11.8 Å². The summed E-state index contributed by atoms with van der Waals surface area (Å²) in [5, 5.41) is 15.8. The second-order valence-corrected chi connectivity index (χ2v) is 4.80. The molecule has 0 atom stereocenters. The molecule has 0 unspecified atom stereocenters. The highest BCUT2D eigenvalue weighted by atomic mass is 32.1. The zero-order valence-electron chi connectivity index (χ0n) is 8.91. The van der Waals surface area contributed by atoms with Gasteiger partial charge in [0.15, 0.2) is 0 Å². The fourth-order valence-corrected chi connectivity index (χ4v) is 2.42. The molecule has 0 bridgehead atoms. The van der Waals surface area contributed by atoms with E-state index in [2.05, 4.69) is 29.4 Å². The first-order valence-electron chi connectivity index (χ1n) is 4.68. The van der Waals surface area contributed by atoms with E-state index >= 15 is 0 Å². The topological polar surface area (TPSA) is 90.5 Å². The van der Waals surface area contributed by atoms with E-state index in [1.807, 2.05) is 13.8 Å². The van der Waals surface area contributed by atoms with Crippen LogP contribution in [0, 0.1) is 13.8 Å². The normalized spacial score (nSPS) is 10.9. The van der Waals surface area contributed by atoms with Crippen LogP contribution in [-0.2, 0) is 0 Å². The molecule has 0 saturated heterocycles. The van der Waals surface area contributed by atoms with Gasteiger partial charge in [0.25, 0.3) is 11.8 Å². The molecule has 0 radical (unpaired) electrons. The van der Waals surface area contributed by atoms with Crippen LogP contribution in [0.15, 0.2) is 4.42 Å². The van der Waals surface area contributed by atoms with Crippen LogP contribution >= 0.6 is 23.1 Å². The Morgan fingerprint density at radius 2 is 1.24 bits per heavy atom. The fourth-order valence-electron chi connectivity index (χ4n) is 1.26. The van der Waals surface area contributed by atoms with Gasteiger partial charge in [-0.1, -0.05) is 8.98 Å². The third-order valence-electron chi connectivity index (χ3n) is 2.12. The van der Waals surface area contributed by atoms with Gasteiger partial charge < -0.3 is 4.42 Å². The molecule has 3 rings (SSSR count). The van der Waals surface area contributed by atoms with E-state index in [9.17, 15) is 0 Å². The van der Waals surface area contributed by atoms with Crippen molar-refractivity contribution in [2.45, 2.75) is 13.8 Å². The summed E-state index contributed by atoms with van der Waals surface area (Å²) in [4.78, 5) is 1.58. The molecule has 3 aromatic heterocycles. The largest absolute Gasteiger partial charge is 0.414 e. The van der Waals surface area contributed by atoms with Crippen molar-refractivity contribution in [3.05, 3.63) is 11.4 Å². The standard InChI is InChI=1S/C8H6N6OS2/c1-3-5(16-13-9-3)7-11-12-8(15-7)6-4(2)10-14-17-6/h1-2H3. The van der Waals surface area contributed by atoms with E-state index in [0.717, 1.165) is 21.1 Å². The Bertz CT molecular complexity index is 602. The molecule has 0 aromatic carbocycles. The molecule has 17 heavy (non-hydrogen) atoms. The van der Waals surface area contributed by atoms with Gasteiger partial charge in [-0.15, -0.1) is 20.4 Å². The van der Waals surface area contributed by atoms with Crippen LogP contribution in [0.2, 0.25) is 0 Å². The summed E-state index contributed by atoms with van der Waals surface area (Å²) in [5.41, 5.74) is 1.56. The molecule has 0 saturated carbocycles. The van der Waals surface area contributed by atoms with E-state index in [1.54, 1.807) is 0 Å². The lowest BCUT2D eigenvalue weighted by Gasteiger charge is -1.88. The van der Waals surface area contributed by atoms with Gasteiger partial charge in [-0.3, -0.25) is 0 Å². The monoisotopic (exact) mass is 266 g/mol. The zero-order valence-corrected chi connectivity index (χ0v) is 10.5. The van der Waals surface area contributed by atoms with E-state index in [4.69, 9.17) is 4.42 Å². The Morgan fingerprint density at radius 3 is 1.59 bits per heavy atom. The van der Waals surface area contributed by atoms with E-state index in [1.165, 1.54) is 23.1 Å². The number of aryl methyl sites for hydroxylation is 2. The summed E-state index contributed by atoms with van der Waals surface area (Å²) < 4.78 is 13.2. The number of hydrogen-bond acceptors (Lipinski definition) is 9. The Labute approximate surface area is 104 Å². The highest BCUT2D eigenvalue weighted by molar-refractivity contribution is 7.09. The number of rotatable bonds is 2. The van der Waals surface area contributed by atoms with Gasteiger partial charge in [-0.2, -0.15) is 0 Å². The molecule has 86 valence electrons. The smallest absolute Gasteiger partial charge is 0.261 e. The molecular weight excluding hydrogens is 260 g/mol. The van der Waals surface area contributed by atoms with Crippen molar-refractivity contribution < 1.29 is 4.42 Å². The van der Waals surface area contributed by atoms with Crippen LogP contribution in [0.4, 0.5) is 0 Å². The molecule has 0 N–H and O–H groups in total. The Morgan fingerprint density at radius 1 is 0.765 bits per heavy atom. The number of hydrogen-bond donors (Lipinski definition) is 0. The van der Waals surface area contributed by atoms with Gasteiger partial charge in [0.2, 0.25) is 0 Å². The van der Waals surface area contributed by atoms with Crippen LogP contribution in [-0.4, -0.2) is 29.4 Å². The van der Waals surface area contributed by atoms with Crippen molar-refractivity contribution in [3.8, 4) is 21.5 Å². The summed E-state index contributed by atoms with van der Waals surface area (Å²) in [6, 6.07) is 0. The lowest BCUT2D eigenvalue weighted by Crippen LogP contribution is -1.77. The Balaban J connectivity index is 2.05. The first-order valence-corrected chi connectivity index (χ1v) is 6.22. The van der Waals surface area contributed by atoms with Crippen LogP contribution in [0.25, 0.3) is 21.5 Å². The maximum absolute atomic E-state index is 5.57. The molecular formula is C8H6N6OS2. The number of aromatic nitrogens is 6. The van der Waals surface area contributed by atoms with Crippen LogP contribution in [0.5, 0.6) is 0 Å². The minimum Gasteiger partial charge on any atom is -0.414 e. The first kappa shape index (κ1) is 10.4. The SMILES string of the molecule is Cc1nnsc1-c1nnc(-c2snnc2C)o1. The van der Waals surface area contributed by atoms with E-state index in [-0.39, 0.29) is 0 Å². The lowest BCUT2D eigenvalue weighted by atomic mass is 10.4. The van der Waals surface area contributed by atoms with Crippen molar-refractivity contribution in [1.82, 2.24) is 29.4 Å². The summed E-state index contributed by atoms with van der Waals surface area (Å²) in [6.45, 7) is 3.70. The summed E-state index contributed by atoms with van der Waals surface area (Å²) in [7, 11) is 0. The molecule has 0 spiro atoms. The van der Waals surface area contributed by atoms with Crippen LogP contribution in [0.3, 0.4) is 0 Å². The molecule has 0 aliphatic heterocycles. The Hall–Kier alpha value is -1.74. The summed E-state index contributed by atoms with van der Waals surface area (Å²) in [6.07, 6.45) is 0. The maximum Gasteiger partial charge on any atom is 0.261 e. The summed E-state index contributed by atoms with van der Waals surface area (Å²) >= 11 is 2.46. The van der Waals surface area contributed by atoms with Gasteiger partial charge in [0, 0.05) is 0 Å². The predicted octanol–water partition coefficient (Wildman–Crippen LogP) is 1.72. The fraction of sp³-hybridized carbons (Fsp3) is 0.250. The van der Waals surface area contributed by atoms with Crippen LogP contribution < -0.4 is 0 Å². The van der Waals surface area contributed by atoms with Gasteiger partial charge in [0.1, 0.15) is 9.75 Å². The first-order chi connectivity index (χ1) is 8.25. The number of nitrogens with zero attached hydrogens (tertiary/aromatic N) is 6. The highest BCUT2D eigenvalue weighted by Gasteiger charge is 2.18. The molecule has 0 fully saturated rings. The van der Waals surface area contributed by atoms with Crippen molar-refractivity contribution >= 4 is 23.1 Å². The maximum atomic E-state index is 5.57. The quantitative estimate of drug-likeness (QED) is 0.697. The van der Waals surface area contributed by atoms with Crippen LogP contribution in [0.1, 0.15) is 11.4 Å². The molecule has 7 nitrogen and oxygen atoms in total. The molecule has 0 aliphatic rings. The minimum atomic E-state index is 0.431. The van der Waals surface area contributed by atoms with Crippen molar-refractivity contribution in [1.29, 1.82) is 0 Å². The van der Waals surface area contributed by atoms with E-state index < -0.39 is 0 Å². The van der Waals surface area contributed by atoms with Gasteiger partial charge in [-0.25, -0.2) is 0 Å². The second-order valence-electron chi connectivity index (χ2n) is 3.29. The van der Waals surface area contributed by atoms with Crippen molar-refractivity contribution in [2.75, 3.05) is 0 Å². The molecule has 0 amide bonds. The van der Waals surface area contributed by atoms with Gasteiger partial charge in [-0.05, 0) is 36.9 Å². The molecule has 3 heterocycles. The average molecular weight is 266 g/mol. The zero-order chi connectivity index (χ0) is 11.8. The van der Waals surface area contributed by atoms with Gasteiger partial charge >= 0.3 is 0 Å². The van der Waals surface area contributed by atoms with Gasteiger partial charge in [0.05, 0.1) is 11.4 Å². The van der Waals surface area contributed by atoms with Crippen molar-refractivity contribution in [2.24, 2.45) is 0 Å². The van der Waals surface area contributed by atoms with Crippen molar-refractivity contribution in [3.63, 3.8) is 0 Å². The molecule has 0 aliphatic carbocycles. The third kappa shape index (κ3) is 1.72. The minimum absolute atomic E-state index is 0.431. The average Bonchev–Trinajstić information content (AvgIpc) is 2.97. The molecule has 3 aromatic rings. The third-order valence-corrected chi connectivity index (χ3v) is 3.75. The predicted molar refractivity (Wildman–Crippen MR) is 61.6 cm³/mol. The highest BCUT2D eigenvalue weighted by Crippen LogP contribution is 2.29. The second kappa shape index (κ2) is 3.93.